The minimum atomic E-state index is -0.640. The Balaban J connectivity index is 1.87. The third kappa shape index (κ3) is 2.39. The van der Waals surface area contributed by atoms with Gasteiger partial charge in [0.1, 0.15) is 12.8 Å². The molecule has 134 valence electrons. The number of benzene rings is 1. The summed E-state index contributed by atoms with van der Waals surface area (Å²) in [6.07, 6.45) is 1.05. The van der Waals surface area contributed by atoms with Crippen molar-refractivity contribution >= 4 is 17.9 Å². The maximum Gasteiger partial charge on any atom is 0.336 e. The molecule has 3 heterocycles. The van der Waals surface area contributed by atoms with Gasteiger partial charge in [0, 0.05) is 12.5 Å². The highest BCUT2D eigenvalue weighted by Gasteiger charge is 2.53. The number of nitrogens with zero attached hydrogens (tertiary/aromatic N) is 1. The summed E-state index contributed by atoms with van der Waals surface area (Å²) >= 11 is 0. The first-order chi connectivity index (χ1) is 12.5. The molecule has 3 amide bonds. The average Bonchev–Trinajstić information content (AvgIpc) is 2.98. The van der Waals surface area contributed by atoms with E-state index >= 15 is 0 Å². The van der Waals surface area contributed by atoms with Crippen molar-refractivity contribution in [1.82, 2.24) is 15.5 Å². The van der Waals surface area contributed by atoms with Crippen molar-refractivity contribution in [1.29, 1.82) is 0 Å². The number of hydrogen-bond acceptors (Lipinski definition) is 5. The van der Waals surface area contributed by atoms with Crippen molar-refractivity contribution in [2.24, 2.45) is 5.92 Å². The van der Waals surface area contributed by atoms with Gasteiger partial charge in [-0.3, -0.25) is 15.0 Å². The van der Waals surface area contributed by atoms with Crippen LogP contribution in [0, 0.1) is 12.8 Å². The maximum atomic E-state index is 12.8. The predicted octanol–water partition coefficient (Wildman–Crippen LogP) is 1.17. The van der Waals surface area contributed by atoms with E-state index in [-0.39, 0.29) is 13.2 Å². The molecule has 3 aliphatic heterocycles. The summed E-state index contributed by atoms with van der Waals surface area (Å²) in [6, 6.07) is 7.25. The number of esters is 1. The van der Waals surface area contributed by atoms with Crippen LogP contribution < -0.4 is 10.6 Å². The van der Waals surface area contributed by atoms with Crippen LogP contribution in [-0.4, -0.2) is 42.1 Å². The summed E-state index contributed by atoms with van der Waals surface area (Å²) in [7, 11) is 0. The third-order valence-electron chi connectivity index (χ3n) is 5.08. The van der Waals surface area contributed by atoms with Gasteiger partial charge in [-0.1, -0.05) is 35.9 Å². The Labute approximate surface area is 150 Å². The first-order valence-corrected chi connectivity index (χ1v) is 8.47. The number of urea groups is 1. The fourth-order valence-corrected chi connectivity index (χ4v) is 4.01. The van der Waals surface area contributed by atoms with Crippen molar-refractivity contribution in [3.63, 3.8) is 0 Å². The number of hydrogen-bond donors (Lipinski definition) is 2. The van der Waals surface area contributed by atoms with Crippen LogP contribution >= 0.6 is 0 Å². The van der Waals surface area contributed by atoms with Gasteiger partial charge in [0.2, 0.25) is 5.91 Å². The second-order valence-electron chi connectivity index (χ2n) is 6.71. The van der Waals surface area contributed by atoms with E-state index in [2.05, 4.69) is 17.2 Å². The lowest BCUT2D eigenvalue weighted by molar-refractivity contribution is -0.136. The molecule has 3 unspecified atom stereocenters. The van der Waals surface area contributed by atoms with Crippen LogP contribution in [0.1, 0.15) is 17.0 Å². The number of rotatable bonds is 3. The Morgan fingerprint density at radius 2 is 2.15 bits per heavy atom. The van der Waals surface area contributed by atoms with E-state index in [9.17, 15) is 14.4 Å². The normalized spacial score (nSPS) is 27.3. The van der Waals surface area contributed by atoms with Crippen molar-refractivity contribution in [3.8, 4) is 0 Å². The monoisotopic (exact) mass is 353 g/mol. The lowest BCUT2D eigenvalue weighted by atomic mass is 9.74. The zero-order valence-corrected chi connectivity index (χ0v) is 14.3. The van der Waals surface area contributed by atoms with E-state index in [1.807, 2.05) is 31.2 Å². The van der Waals surface area contributed by atoms with Crippen molar-refractivity contribution in [3.05, 3.63) is 59.3 Å². The molecule has 1 aromatic rings. The van der Waals surface area contributed by atoms with E-state index in [0.29, 0.717) is 11.3 Å². The highest BCUT2D eigenvalue weighted by molar-refractivity contribution is 6.02. The predicted molar refractivity (Wildman–Crippen MR) is 92.8 cm³/mol. The number of amides is 3. The Morgan fingerprint density at radius 1 is 1.35 bits per heavy atom. The summed E-state index contributed by atoms with van der Waals surface area (Å²) < 4.78 is 5.21. The molecule has 7 nitrogen and oxygen atoms in total. The van der Waals surface area contributed by atoms with Gasteiger partial charge in [0.25, 0.3) is 0 Å². The number of ether oxygens (including phenoxy) is 1. The van der Waals surface area contributed by atoms with Gasteiger partial charge in [-0.2, -0.15) is 0 Å². The highest BCUT2D eigenvalue weighted by atomic mass is 16.5. The van der Waals surface area contributed by atoms with Gasteiger partial charge in [0.15, 0.2) is 0 Å². The Bertz CT molecular complexity index is 860. The minimum Gasteiger partial charge on any atom is -0.456 e. The molecule has 0 aliphatic carbocycles. The topological polar surface area (TPSA) is 87.7 Å². The molecule has 0 saturated carbocycles. The van der Waals surface area contributed by atoms with Crippen molar-refractivity contribution < 1.29 is 19.1 Å². The summed E-state index contributed by atoms with van der Waals surface area (Å²) in [4.78, 5) is 39.0. The first-order valence-electron chi connectivity index (χ1n) is 8.47. The van der Waals surface area contributed by atoms with Crippen molar-refractivity contribution in [2.45, 2.75) is 19.0 Å². The molecule has 1 aromatic carbocycles. The number of fused-ring (bicyclic) bond motifs is 1. The van der Waals surface area contributed by atoms with E-state index in [0.717, 1.165) is 11.1 Å². The molecular formula is C19H19N3O4. The quantitative estimate of drug-likeness (QED) is 0.629. The van der Waals surface area contributed by atoms with Crippen LogP contribution in [0.25, 0.3) is 0 Å². The fourth-order valence-electron chi connectivity index (χ4n) is 4.01. The lowest BCUT2D eigenvalue weighted by Gasteiger charge is -2.46. The number of carbonyl (C=O) groups excluding carboxylic acids is 3. The zero-order valence-electron chi connectivity index (χ0n) is 14.3. The lowest BCUT2D eigenvalue weighted by Crippen LogP contribution is -2.67. The van der Waals surface area contributed by atoms with Crippen LogP contribution in [0.2, 0.25) is 0 Å². The Kier molecular flexibility index (Phi) is 3.79. The Hall–Kier alpha value is -3.09. The molecule has 3 atom stereocenters. The number of aryl methyl sites for hydroxylation is 1. The molecule has 0 spiro atoms. The van der Waals surface area contributed by atoms with Gasteiger partial charge in [-0.25, -0.2) is 9.59 Å². The smallest absolute Gasteiger partial charge is 0.336 e. The second kappa shape index (κ2) is 6.01. The molecule has 3 aliphatic rings. The largest absolute Gasteiger partial charge is 0.456 e. The van der Waals surface area contributed by atoms with Crippen LogP contribution in [0.15, 0.2) is 48.2 Å². The van der Waals surface area contributed by atoms with Gasteiger partial charge in [-0.05, 0) is 12.5 Å². The number of cyclic esters (lactones) is 1. The third-order valence-corrected chi connectivity index (χ3v) is 5.08. The van der Waals surface area contributed by atoms with Crippen LogP contribution in [0.3, 0.4) is 0 Å². The molecule has 26 heavy (non-hydrogen) atoms. The minimum absolute atomic E-state index is 0.122. The molecule has 2 N–H and O–H groups in total. The molecule has 1 saturated heterocycles. The van der Waals surface area contributed by atoms with Crippen LogP contribution in [0.4, 0.5) is 4.79 Å². The molecule has 0 radical (unpaired) electrons. The SMILES string of the molecule is C=CCN1C(=O)NC(=O)C2C(c3cccc(C)c3)C3=C(COC3=O)NC21. The average molecular weight is 353 g/mol. The van der Waals surface area contributed by atoms with Gasteiger partial charge >= 0.3 is 12.0 Å². The molecule has 4 rings (SSSR count). The zero-order chi connectivity index (χ0) is 18.4. The van der Waals surface area contributed by atoms with E-state index in [1.54, 1.807) is 6.08 Å². The summed E-state index contributed by atoms with van der Waals surface area (Å²) in [5, 5.41) is 5.60. The molecule has 7 heteroatoms. The number of carbonyl (C=O) groups is 3. The van der Waals surface area contributed by atoms with Crippen LogP contribution in [0.5, 0.6) is 0 Å². The number of nitrogens with one attached hydrogen (secondary N) is 2. The molecule has 0 aromatic heterocycles. The maximum absolute atomic E-state index is 12.8. The highest BCUT2D eigenvalue weighted by Crippen LogP contribution is 2.43. The molecular weight excluding hydrogens is 334 g/mol. The summed E-state index contributed by atoms with van der Waals surface area (Å²) in [5.74, 6) is -1.94. The van der Waals surface area contributed by atoms with Gasteiger partial charge in [-0.15, -0.1) is 6.58 Å². The van der Waals surface area contributed by atoms with Gasteiger partial charge < -0.3 is 10.1 Å². The first kappa shape index (κ1) is 16.4. The Morgan fingerprint density at radius 3 is 2.88 bits per heavy atom. The fraction of sp³-hybridized carbons (Fsp3) is 0.316. The standard InChI is InChI=1S/C19H19N3O4/c1-3-7-22-16-15(17(23)21-19(22)25)13(11-6-4-5-10(2)8-11)14-12(20-16)9-26-18(14)24/h3-6,8,13,15-16,20H,1,7,9H2,2H3,(H,21,23,25). The molecule has 1 fully saturated rings. The van der Waals surface area contributed by atoms with E-state index < -0.39 is 35.9 Å². The number of imide groups is 1. The van der Waals surface area contributed by atoms with Crippen molar-refractivity contribution in [2.75, 3.05) is 13.2 Å². The van der Waals surface area contributed by atoms with Gasteiger partial charge in [0.05, 0.1) is 17.2 Å². The summed E-state index contributed by atoms with van der Waals surface area (Å²) in [6.45, 7) is 6.05. The van der Waals surface area contributed by atoms with E-state index in [4.69, 9.17) is 4.74 Å². The van der Waals surface area contributed by atoms with E-state index in [1.165, 1.54) is 4.90 Å². The molecule has 0 bridgehead atoms. The van der Waals surface area contributed by atoms with Crippen LogP contribution in [-0.2, 0) is 14.3 Å². The second-order valence-corrected chi connectivity index (χ2v) is 6.71. The summed E-state index contributed by atoms with van der Waals surface area (Å²) in [5.41, 5.74) is 3.00.